The highest BCUT2D eigenvalue weighted by Gasteiger charge is 2.48. The van der Waals surface area contributed by atoms with E-state index in [9.17, 15) is 8.78 Å². The summed E-state index contributed by atoms with van der Waals surface area (Å²) < 4.78 is 26.6. The van der Waals surface area contributed by atoms with Crippen LogP contribution in [0.5, 0.6) is 0 Å². The van der Waals surface area contributed by atoms with Crippen molar-refractivity contribution in [3.05, 3.63) is 35.4 Å². The minimum atomic E-state index is -0.438. The van der Waals surface area contributed by atoms with Gasteiger partial charge in [-0.05, 0) is 38.1 Å². The summed E-state index contributed by atoms with van der Waals surface area (Å²) in [4.78, 5) is 0. The lowest BCUT2D eigenvalue weighted by molar-refractivity contribution is 0.380. The van der Waals surface area contributed by atoms with Gasteiger partial charge in [-0.15, -0.1) is 0 Å². The van der Waals surface area contributed by atoms with Crippen molar-refractivity contribution in [2.75, 3.05) is 13.6 Å². The van der Waals surface area contributed by atoms with E-state index in [-0.39, 0.29) is 11.0 Å². The summed E-state index contributed by atoms with van der Waals surface area (Å²) in [5, 5.41) is 3.06. The zero-order chi connectivity index (χ0) is 11.8. The van der Waals surface area contributed by atoms with Gasteiger partial charge in [0.05, 0.1) is 0 Å². The zero-order valence-corrected chi connectivity index (χ0v) is 9.26. The van der Waals surface area contributed by atoms with Crippen LogP contribution in [0, 0.1) is 17.0 Å². The van der Waals surface area contributed by atoms with E-state index in [1.54, 1.807) is 0 Å². The molecule has 0 heterocycles. The lowest BCUT2D eigenvalue weighted by atomic mass is 9.90. The summed E-state index contributed by atoms with van der Waals surface area (Å²) in [6.07, 6.45) is 1.93. The largest absolute Gasteiger partial charge is 0.323 e. The summed E-state index contributed by atoms with van der Waals surface area (Å²) in [6.45, 7) is 0.740. The molecular weight excluding hydrogens is 210 g/mol. The monoisotopic (exact) mass is 226 g/mol. The minimum absolute atomic E-state index is 0.0939. The van der Waals surface area contributed by atoms with Crippen molar-refractivity contribution in [3.8, 4) is 0 Å². The second kappa shape index (κ2) is 4.11. The first-order valence-corrected chi connectivity index (χ1v) is 5.44. The number of halogens is 2. The summed E-state index contributed by atoms with van der Waals surface area (Å²) in [6, 6.07) is 3.02. The zero-order valence-electron chi connectivity index (χ0n) is 9.26. The quantitative estimate of drug-likeness (QED) is 0.823. The number of rotatable bonds is 4. The Morgan fingerprint density at radius 2 is 2.12 bits per heavy atom. The van der Waals surface area contributed by atoms with E-state index in [0.29, 0.717) is 0 Å². The average molecular weight is 226 g/mol. The molecule has 0 amide bonds. The molecule has 1 saturated carbocycles. The molecule has 0 aromatic heterocycles. The maximum atomic E-state index is 13.6. The first-order valence-electron chi connectivity index (χ1n) is 5.44. The predicted molar refractivity (Wildman–Crippen MR) is 58.9 cm³/mol. The molecule has 4 heteroatoms. The average Bonchev–Trinajstić information content (AvgIpc) is 3.02. The van der Waals surface area contributed by atoms with Crippen molar-refractivity contribution >= 4 is 0 Å². The third-order valence-corrected chi connectivity index (χ3v) is 3.37. The van der Waals surface area contributed by atoms with Crippen molar-refractivity contribution in [1.29, 1.82) is 0 Å². The number of hydrogen-bond acceptors (Lipinski definition) is 2. The Kier molecular flexibility index (Phi) is 2.95. The summed E-state index contributed by atoms with van der Waals surface area (Å²) >= 11 is 0. The second-order valence-electron chi connectivity index (χ2n) is 4.54. The summed E-state index contributed by atoms with van der Waals surface area (Å²) in [5.74, 6) is -0.858. The van der Waals surface area contributed by atoms with Crippen molar-refractivity contribution in [2.45, 2.75) is 18.9 Å². The highest BCUT2D eigenvalue weighted by Crippen LogP contribution is 2.53. The number of hydrogen-bond donors (Lipinski definition) is 2. The molecule has 1 aromatic carbocycles. The van der Waals surface area contributed by atoms with Crippen LogP contribution in [-0.4, -0.2) is 13.6 Å². The number of nitrogens with one attached hydrogen (secondary N) is 1. The van der Waals surface area contributed by atoms with Crippen molar-refractivity contribution in [3.63, 3.8) is 0 Å². The smallest absolute Gasteiger partial charge is 0.128 e. The summed E-state index contributed by atoms with van der Waals surface area (Å²) in [7, 11) is 1.84. The van der Waals surface area contributed by atoms with Crippen LogP contribution < -0.4 is 11.1 Å². The highest BCUT2D eigenvalue weighted by atomic mass is 19.1. The Labute approximate surface area is 93.8 Å². The van der Waals surface area contributed by atoms with Gasteiger partial charge in [0.1, 0.15) is 11.6 Å². The molecule has 0 aliphatic heterocycles. The van der Waals surface area contributed by atoms with Crippen LogP contribution in [0.15, 0.2) is 18.2 Å². The Hall–Kier alpha value is -1.00. The Morgan fingerprint density at radius 3 is 2.69 bits per heavy atom. The van der Waals surface area contributed by atoms with Gasteiger partial charge in [0.2, 0.25) is 0 Å². The molecule has 2 nitrogen and oxygen atoms in total. The van der Waals surface area contributed by atoms with E-state index in [1.807, 2.05) is 7.05 Å². The van der Waals surface area contributed by atoms with Gasteiger partial charge in [-0.1, -0.05) is 0 Å². The molecular formula is C12H16F2N2. The molecule has 0 radical (unpaired) electrons. The van der Waals surface area contributed by atoms with Gasteiger partial charge in [-0.25, -0.2) is 8.78 Å². The molecule has 0 saturated heterocycles. The normalized spacial score (nSPS) is 19.5. The Bertz CT molecular complexity index is 389. The lowest BCUT2D eigenvalue weighted by Crippen LogP contribution is -2.32. The number of nitrogens with two attached hydrogens (primary N) is 1. The van der Waals surface area contributed by atoms with E-state index < -0.39 is 17.7 Å². The van der Waals surface area contributed by atoms with Gasteiger partial charge in [0.25, 0.3) is 0 Å². The van der Waals surface area contributed by atoms with E-state index >= 15 is 0 Å². The molecule has 2 rings (SSSR count). The standard InChI is InChI=1S/C12H16F2N2/c1-16-7-12(4-5-12)11(15)9-6-8(13)2-3-10(9)14/h2-3,6,11,16H,4-5,7,15H2,1H3. The Morgan fingerprint density at radius 1 is 1.44 bits per heavy atom. The van der Waals surface area contributed by atoms with Crippen molar-refractivity contribution in [1.82, 2.24) is 5.32 Å². The first-order chi connectivity index (χ1) is 7.59. The molecule has 1 aliphatic carbocycles. The van der Waals surface area contributed by atoms with Gasteiger partial charge in [0, 0.05) is 23.6 Å². The summed E-state index contributed by atoms with van der Waals surface area (Å²) in [5.41, 5.74) is 6.24. The third-order valence-electron chi connectivity index (χ3n) is 3.37. The molecule has 1 aromatic rings. The molecule has 3 N–H and O–H groups in total. The van der Waals surface area contributed by atoms with Crippen LogP contribution in [0.4, 0.5) is 8.78 Å². The van der Waals surface area contributed by atoms with Gasteiger partial charge in [0.15, 0.2) is 0 Å². The van der Waals surface area contributed by atoms with E-state index in [1.165, 1.54) is 6.07 Å². The fourth-order valence-corrected chi connectivity index (χ4v) is 2.19. The molecule has 1 atom stereocenters. The van der Waals surface area contributed by atoms with Gasteiger partial charge >= 0.3 is 0 Å². The van der Waals surface area contributed by atoms with Gasteiger partial charge < -0.3 is 11.1 Å². The SMILES string of the molecule is CNCC1(C(N)c2cc(F)ccc2F)CC1. The van der Waals surface area contributed by atoms with E-state index in [4.69, 9.17) is 5.73 Å². The second-order valence-corrected chi connectivity index (χ2v) is 4.54. The minimum Gasteiger partial charge on any atom is -0.323 e. The molecule has 1 fully saturated rings. The molecule has 1 unspecified atom stereocenters. The third kappa shape index (κ3) is 1.95. The Balaban J connectivity index is 2.26. The first kappa shape index (κ1) is 11.5. The van der Waals surface area contributed by atoms with Crippen LogP contribution in [0.3, 0.4) is 0 Å². The van der Waals surface area contributed by atoms with Crippen molar-refractivity contribution < 1.29 is 8.78 Å². The van der Waals surface area contributed by atoms with Crippen LogP contribution in [0.1, 0.15) is 24.4 Å². The predicted octanol–water partition coefficient (Wildman–Crippen LogP) is 1.96. The van der Waals surface area contributed by atoms with E-state index in [0.717, 1.165) is 31.5 Å². The fraction of sp³-hybridized carbons (Fsp3) is 0.500. The molecule has 88 valence electrons. The van der Waals surface area contributed by atoms with Crippen molar-refractivity contribution in [2.24, 2.45) is 11.1 Å². The van der Waals surface area contributed by atoms with Gasteiger partial charge in [-0.3, -0.25) is 0 Å². The molecule has 16 heavy (non-hydrogen) atoms. The molecule has 1 aliphatic rings. The molecule has 0 bridgehead atoms. The number of benzene rings is 1. The van der Waals surface area contributed by atoms with Gasteiger partial charge in [-0.2, -0.15) is 0 Å². The lowest BCUT2D eigenvalue weighted by Gasteiger charge is -2.23. The fourth-order valence-electron chi connectivity index (χ4n) is 2.19. The molecule has 0 spiro atoms. The topological polar surface area (TPSA) is 38.0 Å². The van der Waals surface area contributed by atoms with Crippen LogP contribution >= 0.6 is 0 Å². The van der Waals surface area contributed by atoms with E-state index in [2.05, 4.69) is 5.32 Å². The van der Waals surface area contributed by atoms with Crippen LogP contribution in [-0.2, 0) is 0 Å². The maximum absolute atomic E-state index is 13.6. The highest BCUT2D eigenvalue weighted by molar-refractivity contribution is 5.26. The maximum Gasteiger partial charge on any atom is 0.128 e. The van der Waals surface area contributed by atoms with Crippen LogP contribution in [0.2, 0.25) is 0 Å². The van der Waals surface area contributed by atoms with Crippen LogP contribution in [0.25, 0.3) is 0 Å².